The lowest BCUT2D eigenvalue weighted by Gasteiger charge is -2.22. The van der Waals surface area contributed by atoms with Crippen molar-refractivity contribution in [2.75, 3.05) is 19.6 Å². The van der Waals surface area contributed by atoms with Gasteiger partial charge in [0.05, 0.1) is 12.6 Å². The Morgan fingerprint density at radius 1 is 1.11 bits per heavy atom. The summed E-state index contributed by atoms with van der Waals surface area (Å²) < 4.78 is 0. The minimum absolute atomic E-state index is 0. The Kier molecular flexibility index (Phi) is 6.76. The van der Waals surface area contributed by atoms with Crippen molar-refractivity contribution in [3.8, 4) is 0 Å². The van der Waals surface area contributed by atoms with Gasteiger partial charge in [0, 0.05) is 25.0 Å². The van der Waals surface area contributed by atoms with Crippen LogP contribution in [0.1, 0.15) is 41.5 Å². The van der Waals surface area contributed by atoms with E-state index in [-0.39, 0.29) is 30.4 Å². The Labute approximate surface area is 173 Å². The molecule has 0 bridgehead atoms. The summed E-state index contributed by atoms with van der Waals surface area (Å²) in [7, 11) is 0. The number of carbonyl (C=O) groups is 1. The second-order valence-electron chi connectivity index (χ2n) is 8.17. The van der Waals surface area contributed by atoms with E-state index in [2.05, 4.69) is 65.7 Å². The quantitative estimate of drug-likeness (QED) is 0.782. The molecule has 150 valence electrons. The molecule has 1 aliphatic carbocycles. The summed E-state index contributed by atoms with van der Waals surface area (Å²) in [6.07, 6.45) is 2.40. The first-order valence-corrected chi connectivity index (χ1v) is 9.99. The third-order valence-corrected chi connectivity index (χ3v) is 5.88. The van der Waals surface area contributed by atoms with Crippen LogP contribution in [0.5, 0.6) is 0 Å². The third kappa shape index (κ3) is 4.93. The molecule has 1 amide bonds. The molecule has 4 rings (SSSR count). The van der Waals surface area contributed by atoms with Gasteiger partial charge in [0.2, 0.25) is 5.91 Å². The number of rotatable bonds is 6. The highest BCUT2D eigenvalue weighted by Gasteiger charge is 2.35. The van der Waals surface area contributed by atoms with Gasteiger partial charge in [-0.1, -0.05) is 60.2 Å². The van der Waals surface area contributed by atoms with E-state index in [0.717, 1.165) is 13.1 Å². The molecule has 0 aromatic heterocycles. The Bertz CT molecular complexity index is 776. The third-order valence-electron chi connectivity index (χ3n) is 5.88. The molecule has 5 heteroatoms. The Hall–Kier alpha value is -1.88. The molecule has 1 unspecified atom stereocenters. The molecule has 28 heavy (non-hydrogen) atoms. The van der Waals surface area contributed by atoms with Crippen LogP contribution < -0.4 is 11.1 Å². The summed E-state index contributed by atoms with van der Waals surface area (Å²) in [5, 5.41) is 3.29. The van der Waals surface area contributed by atoms with E-state index in [4.69, 9.17) is 5.73 Å². The standard InChI is InChI=1S/C23H29N3O.ClH/c1-16-7-9-18(10-8-16)23(19-11-12-19)25-22(27)15-26-13-20(21(24)14-26)17-5-3-2-4-6-17;/h2-10,19-21,23H,11-15,24H2,1H3,(H,25,27);1H/t20-,21+,23?;/m0./s1. The van der Waals surface area contributed by atoms with Gasteiger partial charge in [-0.05, 0) is 36.8 Å². The number of hydrogen-bond donors (Lipinski definition) is 2. The number of nitrogens with one attached hydrogen (secondary N) is 1. The van der Waals surface area contributed by atoms with Crippen LogP contribution in [0.3, 0.4) is 0 Å². The van der Waals surface area contributed by atoms with Crippen LogP contribution >= 0.6 is 12.4 Å². The lowest BCUT2D eigenvalue weighted by atomic mass is 9.95. The predicted molar refractivity (Wildman–Crippen MR) is 116 cm³/mol. The number of carbonyl (C=O) groups excluding carboxylic acids is 1. The maximum absolute atomic E-state index is 12.7. The summed E-state index contributed by atoms with van der Waals surface area (Å²) in [5.41, 5.74) is 10.1. The highest BCUT2D eigenvalue weighted by molar-refractivity contribution is 5.85. The van der Waals surface area contributed by atoms with Crippen molar-refractivity contribution >= 4 is 18.3 Å². The van der Waals surface area contributed by atoms with E-state index in [0.29, 0.717) is 18.4 Å². The number of hydrogen-bond acceptors (Lipinski definition) is 3. The Balaban J connectivity index is 0.00000225. The second-order valence-corrected chi connectivity index (χ2v) is 8.17. The fraction of sp³-hybridized carbons (Fsp3) is 0.435. The number of nitrogens with two attached hydrogens (primary N) is 1. The van der Waals surface area contributed by atoms with Gasteiger partial charge in [-0.2, -0.15) is 0 Å². The average molecular weight is 400 g/mol. The molecule has 1 heterocycles. The molecule has 1 saturated heterocycles. The van der Waals surface area contributed by atoms with Crippen molar-refractivity contribution in [3.63, 3.8) is 0 Å². The minimum atomic E-state index is 0. The fourth-order valence-corrected chi connectivity index (χ4v) is 4.19. The van der Waals surface area contributed by atoms with E-state index >= 15 is 0 Å². The summed E-state index contributed by atoms with van der Waals surface area (Å²) in [5.74, 6) is 0.985. The van der Waals surface area contributed by atoms with Crippen LogP contribution in [0.4, 0.5) is 0 Å². The van der Waals surface area contributed by atoms with Crippen LogP contribution in [0, 0.1) is 12.8 Å². The molecule has 3 atom stereocenters. The van der Waals surface area contributed by atoms with Crippen molar-refractivity contribution < 1.29 is 4.79 Å². The summed E-state index contributed by atoms with van der Waals surface area (Å²) >= 11 is 0. The van der Waals surface area contributed by atoms with Crippen molar-refractivity contribution in [2.24, 2.45) is 11.7 Å². The molecule has 0 radical (unpaired) electrons. The maximum atomic E-state index is 12.7. The van der Waals surface area contributed by atoms with E-state index < -0.39 is 0 Å². The van der Waals surface area contributed by atoms with E-state index in [1.165, 1.54) is 29.5 Å². The largest absolute Gasteiger partial charge is 0.348 e. The summed E-state index contributed by atoms with van der Waals surface area (Å²) in [4.78, 5) is 14.9. The Morgan fingerprint density at radius 2 is 1.79 bits per heavy atom. The number of aryl methyl sites for hydroxylation is 1. The number of benzene rings is 2. The molecule has 2 aromatic carbocycles. The minimum Gasteiger partial charge on any atom is -0.348 e. The molecule has 2 aromatic rings. The van der Waals surface area contributed by atoms with Gasteiger partial charge >= 0.3 is 0 Å². The normalized spacial score (nSPS) is 23.1. The number of halogens is 1. The average Bonchev–Trinajstić information content (AvgIpc) is 3.44. The molecular formula is C23H30ClN3O. The SMILES string of the molecule is Cc1ccc(C(NC(=O)CN2C[C@@H](N)[C@H](c3ccccc3)C2)C2CC2)cc1.Cl. The number of likely N-dealkylation sites (tertiary alicyclic amines) is 1. The summed E-state index contributed by atoms with van der Waals surface area (Å²) in [6.45, 7) is 4.13. The molecule has 1 saturated carbocycles. The van der Waals surface area contributed by atoms with Crippen molar-refractivity contribution in [2.45, 2.75) is 37.8 Å². The first-order valence-electron chi connectivity index (χ1n) is 9.99. The van der Waals surface area contributed by atoms with E-state index in [1.54, 1.807) is 0 Å². The fourth-order valence-electron chi connectivity index (χ4n) is 4.19. The monoisotopic (exact) mass is 399 g/mol. The van der Waals surface area contributed by atoms with Gasteiger partial charge < -0.3 is 11.1 Å². The summed E-state index contributed by atoms with van der Waals surface area (Å²) in [6, 6.07) is 19.2. The molecular weight excluding hydrogens is 370 g/mol. The highest BCUT2D eigenvalue weighted by Crippen LogP contribution is 2.41. The molecule has 3 N–H and O–H groups in total. The van der Waals surface area contributed by atoms with Crippen molar-refractivity contribution in [1.29, 1.82) is 0 Å². The van der Waals surface area contributed by atoms with Crippen LogP contribution in [0.2, 0.25) is 0 Å². The lowest BCUT2D eigenvalue weighted by Crippen LogP contribution is -2.39. The zero-order valence-corrected chi connectivity index (χ0v) is 17.2. The number of amides is 1. The lowest BCUT2D eigenvalue weighted by molar-refractivity contribution is -0.122. The Morgan fingerprint density at radius 3 is 2.43 bits per heavy atom. The molecule has 2 aliphatic rings. The maximum Gasteiger partial charge on any atom is 0.234 e. The van der Waals surface area contributed by atoms with E-state index in [9.17, 15) is 4.79 Å². The van der Waals surface area contributed by atoms with Gasteiger partial charge in [-0.15, -0.1) is 12.4 Å². The predicted octanol–water partition coefficient (Wildman–Crippen LogP) is 3.41. The molecule has 4 nitrogen and oxygen atoms in total. The van der Waals surface area contributed by atoms with Crippen LogP contribution in [0.15, 0.2) is 54.6 Å². The van der Waals surface area contributed by atoms with Gasteiger partial charge in [-0.3, -0.25) is 9.69 Å². The highest BCUT2D eigenvalue weighted by atomic mass is 35.5. The van der Waals surface area contributed by atoms with Crippen molar-refractivity contribution in [1.82, 2.24) is 10.2 Å². The van der Waals surface area contributed by atoms with Crippen LogP contribution in [-0.4, -0.2) is 36.5 Å². The smallest absolute Gasteiger partial charge is 0.234 e. The van der Waals surface area contributed by atoms with Crippen molar-refractivity contribution in [3.05, 3.63) is 71.3 Å². The van der Waals surface area contributed by atoms with Crippen LogP contribution in [0.25, 0.3) is 0 Å². The zero-order chi connectivity index (χ0) is 18.8. The first-order chi connectivity index (χ1) is 13.1. The molecule has 1 aliphatic heterocycles. The van der Waals surface area contributed by atoms with Gasteiger partial charge in [-0.25, -0.2) is 0 Å². The zero-order valence-electron chi connectivity index (χ0n) is 16.4. The van der Waals surface area contributed by atoms with Crippen LogP contribution in [-0.2, 0) is 4.79 Å². The second kappa shape index (κ2) is 9.08. The molecule has 2 fully saturated rings. The molecule has 0 spiro atoms. The topological polar surface area (TPSA) is 58.4 Å². The van der Waals surface area contributed by atoms with Gasteiger partial charge in [0.25, 0.3) is 0 Å². The van der Waals surface area contributed by atoms with E-state index in [1.807, 2.05) is 6.07 Å². The number of nitrogens with zero attached hydrogens (tertiary/aromatic N) is 1. The van der Waals surface area contributed by atoms with Gasteiger partial charge in [0.1, 0.15) is 0 Å². The first kappa shape index (κ1) is 20.8. The van der Waals surface area contributed by atoms with Gasteiger partial charge in [0.15, 0.2) is 0 Å².